The van der Waals surface area contributed by atoms with Gasteiger partial charge < -0.3 is 4.90 Å². The van der Waals surface area contributed by atoms with E-state index in [1.54, 1.807) is 11.1 Å². The molecule has 1 aromatic carbocycles. The molecule has 1 heterocycles. The number of nitrogens with zero attached hydrogens (tertiary/aromatic N) is 2. The fourth-order valence-corrected chi connectivity index (χ4v) is 2.17. The SMILES string of the molecule is CC(Br)CCN(C)C(=O)c1cccc2ncccc12. The van der Waals surface area contributed by atoms with Gasteiger partial charge in [-0.25, -0.2) is 0 Å². The van der Waals surface area contributed by atoms with Crippen molar-refractivity contribution in [1.29, 1.82) is 0 Å². The molecule has 19 heavy (non-hydrogen) atoms. The van der Waals surface area contributed by atoms with Crippen molar-refractivity contribution in [3.8, 4) is 0 Å². The minimum Gasteiger partial charge on any atom is -0.342 e. The third kappa shape index (κ3) is 3.32. The zero-order valence-electron chi connectivity index (χ0n) is 11.1. The molecular weight excluding hydrogens is 304 g/mol. The number of rotatable bonds is 4. The standard InChI is InChI=1S/C15H17BrN2O/c1-11(16)8-10-18(2)15(19)13-5-3-7-14-12(13)6-4-9-17-14/h3-7,9,11H,8,10H2,1-2H3. The number of halogens is 1. The lowest BCUT2D eigenvalue weighted by atomic mass is 10.1. The number of amides is 1. The highest BCUT2D eigenvalue weighted by atomic mass is 79.9. The Morgan fingerprint density at radius 1 is 1.37 bits per heavy atom. The summed E-state index contributed by atoms with van der Waals surface area (Å²) in [6.45, 7) is 2.82. The Bertz CT molecular complexity index is 578. The van der Waals surface area contributed by atoms with Gasteiger partial charge in [-0.3, -0.25) is 9.78 Å². The van der Waals surface area contributed by atoms with E-state index in [-0.39, 0.29) is 5.91 Å². The number of fused-ring (bicyclic) bond motifs is 1. The maximum atomic E-state index is 12.5. The molecule has 100 valence electrons. The number of alkyl halides is 1. The molecule has 0 aliphatic rings. The predicted octanol–water partition coefficient (Wildman–Crippen LogP) is 3.48. The molecule has 1 unspecified atom stereocenters. The molecule has 3 nitrogen and oxygen atoms in total. The Labute approximate surface area is 121 Å². The number of carbonyl (C=O) groups excluding carboxylic acids is 1. The number of aromatic nitrogens is 1. The minimum atomic E-state index is 0.0479. The summed E-state index contributed by atoms with van der Waals surface area (Å²) < 4.78 is 0. The first kappa shape index (κ1) is 14.0. The van der Waals surface area contributed by atoms with Gasteiger partial charge in [0.15, 0.2) is 0 Å². The Hall–Kier alpha value is -1.42. The quantitative estimate of drug-likeness (QED) is 0.808. The number of hydrogen-bond donors (Lipinski definition) is 0. The zero-order chi connectivity index (χ0) is 13.8. The fourth-order valence-electron chi connectivity index (χ4n) is 1.97. The second-order valence-corrected chi connectivity index (χ2v) is 6.23. The molecular formula is C15H17BrN2O. The number of carbonyl (C=O) groups is 1. The van der Waals surface area contributed by atoms with Crippen LogP contribution in [-0.2, 0) is 0 Å². The van der Waals surface area contributed by atoms with Crippen LogP contribution in [0.5, 0.6) is 0 Å². The average molecular weight is 321 g/mol. The van der Waals surface area contributed by atoms with Crippen molar-refractivity contribution in [2.45, 2.75) is 18.2 Å². The van der Waals surface area contributed by atoms with E-state index in [9.17, 15) is 4.79 Å². The summed E-state index contributed by atoms with van der Waals surface area (Å²) in [6, 6.07) is 9.47. The van der Waals surface area contributed by atoms with Gasteiger partial charge in [0.1, 0.15) is 0 Å². The summed E-state index contributed by atoms with van der Waals surface area (Å²) in [5.41, 5.74) is 1.57. The fraction of sp³-hybridized carbons (Fsp3) is 0.333. The Morgan fingerprint density at radius 3 is 2.89 bits per heavy atom. The van der Waals surface area contributed by atoms with Gasteiger partial charge in [-0.15, -0.1) is 0 Å². The summed E-state index contributed by atoms with van der Waals surface area (Å²) in [4.78, 5) is 18.9. The van der Waals surface area contributed by atoms with Crippen LogP contribution in [0, 0.1) is 0 Å². The highest BCUT2D eigenvalue weighted by Gasteiger charge is 2.14. The van der Waals surface area contributed by atoms with Gasteiger partial charge in [-0.2, -0.15) is 0 Å². The molecule has 0 aliphatic heterocycles. The maximum Gasteiger partial charge on any atom is 0.254 e. The average Bonchev–Trinajstić information content (AvgIpc) is 2.43. The molecule has 0 spiro atoms. The zero-order valence-corrected chi connectivity index (χ0v) is 12.7. The molecule has 2 aromatic rings. The molecule has 4 heteroatoms. The van der Waals surface area contributed by atoms with E-state index in [2.05, 4.69) is 27.8 Å². The molecule has 1 aromatic heterocycles. The van der Waals surface area contributed by atoms with Crippen molar-refractivity contribution in [2.24, 2.45) is 0 Å². The molecule has 2 rings (SSSR count). The first-order valence-corrected chi connectivity index (χ1v) is 7.24. The van der Waals surface area contributed by atoms with Gasteiger partial charge >= 0.3 is 0 Å². The number of benzene rings is 1. The smallest absolute Gasteiger partial charge is 0.254 e. The lowest BCUT2D eigenvalue weighted by Gasteiger charge is -2.18. The van der Waals surface area contributed by atoms with Crippen molar-refractivity contribution in [3.05, 3.63) is 42.1 Å². The first-order valence-electron chi connectivity index (χ1n) is 6.33. The number of hydrogen-bond acceptors (Lipinski definition) is 2. The molecule has 0 saturated heterocycles. The molecule has 0 aliphatic carbocycles. The van der Waals surface area contributed by atoms with Crippen LogP contribution in [0.25, 0.3) is 10.9 Å². The lowest BCUT2D eigenvalue weighted by Crippen LogP contribution is -2.28. The van der Waals surface area contributed by atoms with Gasteiger partial charge in [0.05, 0.1) is 5.52 Å². The van der Waals surface area contributed by atoms with Crippen molar-refractivity contribution >= 4 is 32.7 Å². The van der Waals surface area contributed by atoms with Gasteiger partial charge in [0, 0.05) is 35.6 Å². The third-order valence-corrected chi connectivity index (χ3v) is 3.54. The predicted molar refractivity (Wildman–Crippen MR) is 81.7 cm³/mol. The van der Waals surface area contributed by atoms with Crippen LogP contribution in [0.1, 0.15) is 23.7 Å². The van der Waals surface area contributed by atoms with Gasteiger partial charge in [0.2, 0.25) is 0 Å². The van der Waals surface area contributed by atoms with E-state index in [1.165, 1.54) is 0 Å². The van der Waals surface area contributed by atoms with Crippen molar-refractivity contribution in [1.82, 2.24) is 9.88 Å². The first-order chi connectivity index (χ1) is 9.09. The lowest BCUT2D eigenvalue weighted by molar-refractivity contribution is 0.0796. The second kappa shape index (κ2) is 6.15. The molecule has 1 atom stereocenters. The Morgan fingerprint density at radius 2 is 2.16 bits per heavy atom. The largest absolute Gasteiger partial charge is 0.342 e. The topological polar surface area (TPSA) is 33.2 Å². The van der Waals surface area contributed by atoms with E-state index in [4.69, 9.17) is 0 Å². The van der Waals surface area contributed by atoms with Crippen molar-refractivity contribution in [3.63, 3.8) is 0 Å². The van der Waals surface area contributed by atoms with Crippen LogP contribution in [0.2, 0.25) is 0 Å². The Balaban J connectivity index is 2.26. The Kier molecular flexibility index (Phi) is 4.53. The van der Waals surface area contributed by atoms with Gasteiger partial charge in [-0.05, 0) is 24.6 Å². The van der Waals surface area contributed by atoms with Gasteiger partial charge in [0.25, 0.3) is 5.91 Å². The minimum absolute atomic E-state index is 0.0479. The van der Waals surface area contributed by atoms with Crippen LogP contribution in [-0.4, -0.2) is 34.2 Å². The monoisotopic (exact) mass is 320 g/mol. The van der Waals surface area contributed by atoms with E-state index >= 15 is 0 Å². The van der Waals surface area contributed by atoms with Gasteiger partial charge in [-0.1, -0.05) is 35.0 Å². The van der Waals surface area contributed by atoms with Crippen molar-refractivity contribution in [2.75, 3.05) is 13.6 Å². The van der Waals surface area contributed by atoms with Crippen LogP contribution in [0.15, 0.2) is 36.5 Å². The van der Waals surface area contributed by atoms with E-state index < -0.39 is 0 Å². The summed E-state index contributed by atoms with van der Waals surface area (Å²) in [5, 5.41) is 0.911. The van der Waals surface area contributed by atoms with Crippen LogP contribution < -0.4 is 0 Å². The van der Waals surface area contributed by atoms with Crippen LogP contribution in [0.3, 0.4) is 0 Å². The summed E-state index contributed by atoms with van der Waals surface area (Å²) in [5.74, 6) is 0.0479. The number of pyridine rings is 1. The van der Waals surface area contributed by atoms with Crippen molar-refractivity contribution < 1.29 is 4.79 Å². The molecule has 0 saturated carbocycles. The van der Waals surface area contributed by atoms with E-state index in [1.807, 2.05) is 37.4 Å². The molecule has 1 amide bonds. The molecule has 0 fully saturated rings. The molecule has 0 radical (unpaired) electrons. The highest BCUT2D eigenvalue weighted by molar-refractivity contribution is 9.09. The van der Waals surface area contributed by atoms with E-state index in [0.29, 0.717) is 4.83 Å². The normalized spacial score (nSPS) is 12.4. The second-order valence-electron chi connectivity index (χ2n) is 4.67. The third-order valence-electron chi connectivity index (χ3n) is 3.09. The molecule has 0 N–H and O–H groups in total. The highest BCUT2D eigenvalue weighted by Crippen LogP contribution is 2.18. The summed E-state index contributed by atoms with van der Waals surface area (Å²) in [7, 11) is 1.84. The van der Waals surface area contributed by atoms with Crippen LogP contribution in [0.4, 0.5) is 0 Å². The maximum absolute atomic E-state index is 12.5. The van der Waals surface area contributed by atoms with E-state index in [0.717, 1.165) is 29.4 Å². The molecule has 0 bridgehead atoms. The van der Waals surface area contributed by atoms with Crippen LogP contribution >= 0.6 is 15.9 Å². The summed E-state index contributed by atoms with van der Waals surface area (Å²) >= 11 is 3.50. The summed E-state index contributed by atoms with van der Waals surface area (Å²) in [6.07, 6.45) is 2.68.